The Hall–Kier alpha value is -0.930. The van der Waals surface area contributed by atoms with Gasteiger partial charge in [0, 0.05) is 12.1 Å². The van der Waals surface area contributed by atoms with Crippen LogP contribution < -0.4 is 0 Å². The first-order valence-corrected chi connectivity index (χ1v) is 5.03. The van der Waals surface area contributed by atoms with E-state index in [0.717, 1.165) is 0 Å². The van der Waals surface area contributed by atoms with E-state index in [-0.39, 0.29) is 5.78 Å². The van der Waals surface area contributed by atoms with Crippen molar-refractivity contribution in [3.8, 4) is 0 Å². The van der Waals surface area contributed by atoms with Crippen molar-refractivity contribution in [2.75, 3.05) is 20.6 Å². The number of nitrogens with zero attached hydrogens (tertiary/aromatic N) is 1. The van der Waals surface area contributed by atoms with Gasteiger partial charge in [0.25, 0.3) is 0 Å². The van der Waals surface area contributed by atoms with Crippen LogP contribution in [0.15, 0.2) is 24.3 Å². The summed E-state index contributed by atoms with van der Waals surface area (Å²) >= 11 is 5.90. The summed E-state index contributed by atoms with van der Waals surface area (Å²) in [7, 11) is 3.66. The number of Topliss-reactive ketones (excluding diaryl/α,β-unsaturated/α-hetero) is 1. The van der Waals surface area contributed by atoms with E-state index < -0.39 is 11.2 Å². The molecule has 0 saturated carbocycles. The lowest BCUT2D eigenvalue weighted by molar-refractivity contribution is 0.0976. The molecule has 1 atom stereocenters. The van der Waals surface area contributed by atoms with E-state index in [4.69, 9.17) is 11.6 Å². The molecular weight excluding hydrogens is 217 g/mol. The zero-order valence-corrected chi connectivity index (χ0v) is 9.46. The first kappa shape index (κ1) is 12.1. The summed E-state index contributed by atoms with van der Waals surface area (Å²) in [5, 5.41) is -0.637. The normalized spacial score (nSPS) is 12.9. The summed E-state index contributed by atoms with van der Waals surface area (Å²) in [6, 6.07) is 5.57. The van der Waals surface area contributed by atoms with Crippen molar-refractivity contribution in [3.05, 3.63) is 35.6 Å². The average molecular weight is 230 g/mol. The number of alkyl halides is 1. The van der Waals surface area contributed by atoms with E-state index in [9.17, 15) is 9.18 Å². The number of carbonyl (C=O) groups is 1. The monoisotopic (exact) mass is 229 g/mol. The van der Waals surface area contributed by atoms with Gasteiger partial charge in [0.05, 0.1) is 0 Å². The molecule has 4 heteroatoms. The van der Waals surface area contributed by atoms with Crippen LogP contribution in [0.2, 0.25) is 0 Å². The maximum absolute atomic E-state index is 12.8. The van der Waals surface area contributed by atoms with Crippen LogP contribution in [0.1, 0.15) is 10.4 Å². The van der Waals surface area contributed by atoms with Crippen LogP contribution in [0, 0.1) is 5.82 Å². The number of carbonyl (C=O) groups excluding carboxylic acids is 1. The second-order valence-electron chi connectivity index (χ2n) is 3.60. The van der Waals surface area contributed by atoms with Crippen molar-refractivity contribution in [2.24, 2.45) is 0 Å². The van der Waals surface area contributed by atoms with Gasteiger partial charge in [-0.2, -0.15) is 0 Å². The molecule has 82 valence electrons. The van der Waals surface area contributed by atoms with Crippen LogP contribution in [0.5, 0.6) is 0 Å². The zero-order chi connectivity index (χ0) is 11.4. The second-order valence-corrected chi connectivity index (χ2v) is 4.13. The highest BCUT2D eigenvalue weighted by atomic mass is 35.5. The topological polar surface area (TPSA) is 20.3 Å². The molecule has 0 aliphatic rings. The lowest BCUT2D eigenvalue weighted by Gasteiger charge is -2.13. The lowest BCUT2D eigenvalue weighted by Crippen LogP contribution is -2.28. The van der Waals surface area contributed by atoms with E-state index in [1.807, 2.05) is 19.0 Å². The summed E-state index contributed by atoms with van der Waals surface area (Å²) in [6.07, 6.45) is 0. The fourth-order valence-electron chi connectivity index (χ4n) is 1.23. The van der Waals surface area contributed by atoms with E-state index in [1.54, 1.807) is 6.07 Å². The molecule has 1 aromatic carbocycles. The number of ketones is 1. The molecule has 0 saturated heterocycles. The third-order valence-electron chi connectivity index (χ3n) is 1.92. The Kier molecular flexibility index (Phi) is 4.24. The summed E-state index contributed by atoms with van der Waals surface area (Å²) in [6.45, 7) is 0.441. The Bertz CT molecular complexity index is 354. The smallest absolute Gasteiger partial charge is 0.182 e. The predicted molar refractivity (Wildman–Crippen MR) is 58.9 cm³/mol. The molecule has 1 aromatic rings. The first-order valence-electron chi connectivity index (χ1n) is 4.59. The molecule has 0 amide bonds. The molecule has 1 unspecified atom stereocenters. The van der Waals surface area contributed by atoms with Gasteiger partial charge in [-0.25, -0.2) is 4.39 Å². The second kappa shape index (κ2) is 5.24. The molecule has 0 N–H and O–H groups in total. The maximum Gasteiger partial charge on any atom is 0.182 e. The van der Waals surface area contributed by atoms with Gasteiger partial charge in [0.1, 0.15) is 11.2 Å². The molecule has 0 fully saturated rings. The van der Waals surface area contributed by atoms with Crippen LogP contribution in [0.25, 0.3) is 0 Å². The predicted octanol–water partition coefficient (Wildman–Crippen LogP) is 2.18. The van der Waals surface area contributed by atoms with Gasteiger partial charge in [-0.15, -0.1) is 11.6 Å². The van der Waals surface area contributed by atoms with Crippen LogP contribution >= 0.6 is 11.6 Å². The SMILES string of the molecule is CN(C)CC(Cl)C(=O)c1cccc(F)c1. The van der Waals surface area contributed by atoms with Crippen molar-refractivity contribution in [1.29, 1.82) is 0 Å². The molecule has 15 heavy (non-hydrogen) atoms. The molecule has 0 heterocycles. The molecule has 0 aromatic heterocycles. The summed E-state index contributed by atoms with van der Waals surface area (Å²) < 4.78 is 12.8. The third kappa shape index (κ3) is 3.61. The molecule has 1 rings (SSSR count). The van der Waals surface area contributed by atoms with Crippen LogP contribution in [0.4, 0.5) is 4.39 Å². The Morgan fingerprint density at radius 2 is 2.20 bits per heavy atom. The minimum Gasteiger partial charge on any atom is -0.307 e. The summed E-state index contributed by atoms with van der Waals surface area (Å²) in [5.74, 6) is -0.667. The summed E-state index contributed by atoms with van der Waals surface area (Å²) in [5.41, 5.74) is 0.317. The number of halogens is 2. The average Bonchev–Trinajstić information content (AvgIpc) is 2.15. The van der Waals surface area contributed by atoms with E-state index in [1.165, 1.54) is 18.2 Å². The molecular formula is C11H13ClFNO. The quantitative estimate of drug-likeness (QED) is 0.583. The van der Waals surface area contributed by atoms with Crippen molar-refractivity contribution in [1.82, 2.24) is 4.90 Å². The molecule has 2 nitrogen and oxygen atoms in total. The van der Waals surface area contributed by atoms with E-state index in [0.29, 0.717) is 12.1 Å². The zero-order valence-electron chi connectivity index (χ0n) is 8.71. The molecule has 0 radical (unpaired) electrons. The fourth-order valence-corrected chi connectivity index (χ4v) is 1.63. The van der Waals surface area contributed by atoms with Gasteiger partial charge in [-0.3, -0.25) is 4.79 Å². The Morgan fingerprint density at radius 3 is 2.73 bits per heavy atom. The van der Waals surface area contributed by atoms with Gasteiger partial charge in [0.15, 0.2) is 5.78 Å². The number of rotatable bonds is 4. The van der Waals surface area contributed by atoms with Gasteiger partial charge < -0.3 is 4.90 Å². The third-order valence-corrected chi connectivity index (χ3v) is 2.26. The van der Waals surface area contributed by atoms with Crippen molar-refractivity contribution in [2.45, 2.75) is 5.38 Å². The highest BCUT2D eigenvalue weighted by Crippen LogP contribution is 2.10. The fraction of sp³-hybridized carbons (Fsp3) is 0.364. The van der Waals surface area contributed by atoms with Gasteiger partial charge in [0.2, 0.25) is 0 Å². The van der Waals surface area contributed by atoms with Gasteiger partial charge >= 0.3 is 0 Å². The largest absolute Gasteiger partial charge is 0.307 e. The maximum atomic E-state index is 12.8. The van der Waals surface area contributed by atoms with Gasteiger partial charge in [-0.05, 0) is 26.2 Å². The van der Waals surface area contributed by atoms with Crippen LogP contribution in [0.3, 0.4) is 0 Å². The number of hydrogen-bond acceptors (Lipinski definition) is 2. The highest BCUT2D eigenvalue weighted by Gasteiger charge is 2.18. The molecule has 0 bridgehead atoms. The van der Waals surface area contributed by atoms with Crippen LogP contribution in [-0.2, 0) is 0 Å². The molecule has 0 aliphatic carbocycles. The van der Waals surface area contributed by atoms with Crippen molar-refractivity contribution < 1.29 is 9.18 Å². The van der Waals surface area contributed by atoms with Gasteiger partial charge in [-0.1, -0.05) is 12.1 Å². The lowest BCUT2D eigenvalue weighted by atomic mass is 10.1. The Morgan fingerprint density at radius 1 is 1.53 bits per heavy atom. The minimum absolute atomic E-state index is 0.245. The van der Waals surface area contributed by atoms with Crippen LogP contribution in [-0.4, -0.2) is 36.7 Å². The highest BCUT2D eigenvalue weighted by molar-refractivity contribution is 6.34. The minimum atomic E-state index is -0.637. The number of hydrogen-bond donors (Lipinski definition) is 0. The number of benzene rings is 1. The Balaban J connectivity index is 2.76. The van der Waals surface area contributed by atoms with E-state index >= 15 is 0 Å². The Labute approximate surface area is 93.6 Å². The molecule has 0 aliphatic heterocycles. The van der Waals surface area contributed by atoms with Crippen molar-refractivity contribution >= 4 is 17.4 Å². The van der Waals surface area contributed by atoms with E-state index in [2.05, 4.69) is 0 Å². The van der Waals surface area contributed by atoms with Crippen molar-refractivity contribution in [3.63, 3.8) is 0 Å². The first-order chi connectivity index (χ1) is 7.00. The summed E-state index contributed by atoms with van der Waals surface area (Å²) in [4.78, 5) is 13.5. The standard InChI is InChI=1S/C11H13ClFNO/c1-14(2)7-10(12)11(15)8-4-3-5-9(13)6-8/h3-6,10H,7H2,1-2H3. The molecule has 0 spiro atoms.